The Morgan fingerprint density at radius 1 is 1.33 bits per heavy atom. The van der Waals surface area contributed by atoms with E-state index in [-0.39, 0.29) is 0 Å². The van der Waals surface area contributed by atoms with Crippen molar-refractivity contribution in [1.82, 2.24) is 5.32 Å². The Morgan fingerprint density at radius 3 is 3.08 bits per heavy atom. The first-order chi connectivity index (χ1) is 5.90. The van der Waals surface area contributed by atoms with Gasteiger partial charge in [-0.3, -0.25) is 0 Å². The molecule has 0 saturated heterocycles. The monoisotopic (exact) mass is 157 g/mol. The molecule has 0 bridgehead atoms. The standard InChI is InChI=1S/C11H11N/c1-2-9-3-4-10-5-6-12-8-11(10)7-9/h1,3-4,7,12H,5-6,8H2. The molecule has 0 atom stereocenters. The van der Waals surface area contributed by atoms with E-state index in [9.17, 15) is 0 Å². The minimum absolute atomic E-state index is 0.963. The van der Waals surface area contributed by atoms with Crippen LogP contribution in [0.4, 0.5) is 0 Å². The average molecular weight is 157 g/mol. The van der Waals surface area contributed by atoms with Crippen LogP contribution in [-0.2, 0) is 13.0 Å². The summed E-state index contributed by atoms with van der Waals surface area (Å²) in [5.41, 5.74) is 3.78. The van der Waals surface area contributed by atoms with Gasteiger partial charge in [-0.25, -0.2) is 0 Å². The van der Waals surface area contributed by atoms with Gasteiger partial charge in [0.1, 0.15) is 0 Å². The fraction of sp³-hybridized carbons (Fsp3) is 0.273. The molecule has 60 valence electrons. The van der Waals surface area contributed by atoms with E-state index in [1.165, 1.54) is 11.1 Å². The first-order valence-electron chi connectivity index (χ1n) is 4.19. The molecule has 1 heterocycles. The van der Waals surface area contributed by atoms with Gasteiger partial charge in [0, 0.05) is 12.1 Å². The van der Waals surface area contributed by atoms with Gasteiger partial charge in [-0.1, -0.05) is 12.0 Å². The zero-order valence-electron chi connectivity index (χ0n) is 6.93. The smallest absolute Gasteiger partial charge is 0.0246 e. The summed E-state index contributed by atoms with van der Waals surface area (Å²) in [5, 5.41) is 3.32. The SMILES string of the molecule is C#Cc1ccc2c(c1)CNCC2. The van der Waals surface area contributed by atoms with Crippen molar-refractivity contribution in [3.8, 4) is 12.3 Å². The number of hydrogen-bond acceptors (Lipinski definition) is 1. The lowest BCUT2D eigenvalue weighted by Crippen LogP contribution is -2.23. The van der Waals surface area contributed by atoms with Crippen LogP contribution in [0.3, 0.4) is 0 Å². The van der Waals surface area contributed by atoms with E-state index in [0.717, 1.165) is 25.1 Å². The van der Waals surface area contributed by atoms with Crippen LogP contribution in [0, 0.1) is 12.3 Å². The Kier molecular flexibility index (Phi) is 1.85. The van der Waals surface area contributed by atoms with Gasteiger partial charge in [-0.15, -0.1) is 6.42 Å². The van der Waals surface area contributed by atoms with Crippen molar-refractivity contribution in [1.29, 1.82) is 0 Å². The van der Waals surface area contributed by atoms with Gasteiger partial charge in [-0.05, 0) is 36.2 Å². The zero-order valence-corrected chi connectivity index (χ0v) is 6.93. The Balaban J connectivity index is 2.44. The molecule has 0 fully saturated rings. The number of benzene rings is 1. The minimum Gasteiger partial charge on any atom is -0.312 e. The van der Waals surface area contributed by atoms with Crippen LogP contribution in [-0.4, -0.2) is 6.54 Å². The second kappa shape index (κ2) is 3.00. The van der Waals surface area contributed by atoms with Crippen LogP contribution in [0.2, 0.25) is 0 Å². The van der Waals surface area contributed by atoms with Crippen molar-refractivity contribution >= 4 is 0 Å². The van der Waals surface area contributed by atoms with Crippen LogP contribution < -0.4 is 5.32 Å². The molecule has 0 aromatic heterocycles. The van der Waals surface area contributed by atoms with E-state index in [1.54, 1.807) is 0 Å². The highest BCUT2D eigenvalue weighted by atomic mass is 14.9. The highest BCUT2D eigenvalue weighted by molar-refractivity contribution is 5.40. The van der Waals surface area contributed by atoms with Gasteiger partial charge in [0.25, 0.3) is 0 Å². The number of fused-ring (bicyclic) bond motifs is 1. The average Bonchev–Trinajstić information content (AvgIpc) is 2.17. The Labute approximate surface area is 72.8 Å². The number of terminal acetylenes is 1. The molecule has 0 spiro atoms. The maximum Gasteiger partial charge on any atom is 0.0246 e. The summed E-state index contributed by atoms with van der Waals surface area (Å²) in [7, 11) is 0. The molecule has 1 nitrogen and oxygen atoms in total. The van der Waals surface area contributed by atoms with Gasteiger partial charge in [0.05, 0.1) is 0 Å². The largest absolute Gasteiger partial charge is 0.312 e. The Bertz CT molecular complexity index is 333. The summed E-state index contributed by atoms with van der Waals surface area (Å²) in [5.74, 6) is 2.65. The second-order valence-electron chi connectivity index (χ2n) is 3.05. The normalized spacial score (nSPS) is 14.9. The quantitative estimate of drug-likeness (QED) is 0.560. The van der Waals surface area contributed by atoms with Gasteiger partial charge < -0.3 is 5.32 Å². The van der Waals surface area contributed by atoms with Crippen molar-refractivity contribution in [3.63, 3.8) is 0 Å². The van der Waals surface area contributed by atoms with E-state index in [1.807, 2.05) is 6.07 Å². The van der Waals surface area contributed by atoms with Crippen molar-refractivity contribution in [2.24, 2.45) is 0 Å². The molecule has 2 rings (SSSR count). The van der Waals surface area contributed by atoms with Crippen LogP contribution in [0.15, 0.2) is 18.2 Å². The molecule has 0 radical (unpaired) electrons. The molecular formula is C11H11N. The predicted octanol–water partition coefficient (Wildman–Crippen LogP) is 1.31. The van der Waals surface area contributed by atoms with Gasteiger partial charge in [-0.2, -0.15) is 0 Å². The molecule has 0 saturated carbocycles. The molecule has 1 aromatic carbocycles. The van der Waals surface area contributed by atoms with Gasteiger partial charge >= 0.3 is 0 Å². The van der Waals surface area contributed by atoms with Crippen molar-refractivity contribution in [3.05, 3.63) is 34.9 Å². The first-order valence-corrected chi connectivity index (χ1v) is 4.19. The summed E-state index contributed by atoms with van der Waals surface area (Å²) < 4.78 is 0. The fourth-order valence-electron chi connectivity index (χ4n) is 1.57. The molecule has 0 unspecified atom stereocenters. The summed E-state index contributed by atoms with van der Waals surface area (Å²) in [4.78, 5) is 0. The number of rotatable bonds is 0. The van der Waals surface area contributed by atoms with E-state index in [2.05, 4.69) is 23.4 Å². The third-order valence-electron chi connectivity index (χ3n) is 2.26. The van der Waals surface area contributed by atoms with E-state index in [4.69, 9.17) is 6.42 Å². The molecule has 1 aliphatic heterocycles. The van der Waals surface area contributed by atoms with E-state index >= 15 is 0 Å². The van der Waals surface area contributed by atoms with Crippen LogP contribution in [0.25, 0.3) is 0 Å². The zero-order chi connectivity index (χ0) is 8.39. The lowest BCUT2D eigenvalue weighted by Gasteiger charge is -2.16. The van der Waals surface area contributed by atoms with Crippen LogP contribution in [0.5, 0.6) is 0 Å². The molecule has 1 heteroatoms. The van der Waals surface area contributed by atoms with E-state index in [0.29, 0.717) is 0 Å². The molecule has 1 aromatic rings. The third-order valence-corrected chi connectivity index (χ3v) is 2.26. The Morgan fingerprint density at radius 2 is 2.25 bits per heavy atom. The van der Waals surface area contributed by atoms with Crippen molar-refractivity contribution in [2.75, 3.05) is 6.54 Å². The fourth-order valence-corrected chi connectivity index (χ4v) is 1.57. The molecule has 1 N–H and O–H groups in total. The molecule has 1 aliphatic rings. The topological polar surface area (TPSA) is 12.0 Å². The molecular weight excluding hydrogens is 146 g/mol. The third kappa shape index (κ3) is 1.22. The second-order valence-corrected chi connectivity index (χ2v) is 3.05. The number of hydrogen-bond donors (Lipinski definition) is 1. The van der Waals surface area contributed by atoms with Crippen LogP contribution >= 0.6 is 0 Å². The molecule has 0 aliphatic carbocycles. The van der Waals surface area contributed by atoms with Crippen molar-refractivity contribution < 1.29 is 0 Å². The summed E-state index contributed by atoms with van der Waals surface area (Å²) in [6.07, 6.45) is 6.44. The summed E-state index contributed by atoms with van der Waals surface area (Å²) in [6.45, 7) is 2.05. The molecule has 0 amide bonds. The summed E-state index contributed by atoms with van der Waals surface area (Å²) >= 11 is 0. The minimum atomic E-state index is 0.963. The van der Waals surface area contributed by atoms with Crippen LogP contribution in [0.1, 0.15) is 16.7 Å². The predicted molar refractivity (Wildman–Crippen MR) is 49.8 cm³/mol. The lowest BCUT2D eigenvalue weighted by atomic mass is 9.99. The van der Waals surface area contributed by atoms with E-state index < -0.39 is 0 Å². The Hall–Kier alpha value is -1.26. The maximum absolute atomic E-state index is 5.31. The lowest BCUT2D eigenvalue weighted by molar-refractivity contribution is 0.643. The highest BCUT2D eigenvalue weighted by Gasteiger charge is 2.07. The van der Waals surface area contributed by atoms with Gasteiger partial charge in [0.2, 0.25) is 0 Å². The highest BCUT2D eigenvalue weighted by Crippen LogP contribution is 2.14. The molecule has 12 heavy (non-hydrogen) atoms. The number of nitrogens with one attached hydrogen (secondary N) is 1. The van der Waals surface area contributed by atoms with Crippen molar-refractivity contribution in [2.45, 2.75) is 13.0 Å². The maximum atomic E-state index is 5.31. The first kappa shape index (κ1) is 7.39. The summed E-state index contributed by atoms with van der Waals surface area (Å²) in [6, 6.07) is 6.26. The van der Waals surface area contributed by atoms with Gasteiger partial charge in [0.15, 0.2) is 0 Å².